The lowest BCUT2D eigenvalue weighted by Crippen LogP contribution is -2.10. The van der Waals surface area contributed by atoms with Gasteiger partial charge in [0.2, 0.25) is 0 Å². The van der Waals surface area contributed by atoms with Gasteiger partial charge in [0, 0.05) is 19.7 Å². The lowest BCUT2D eigenvalue weighted by molar-refractivity contribution is 0.475. The van der Waals surface area contributed by atoms with E-state index in [4.69, 9.17) is 0 Å². The number of hydrogen-bond acceptors (Lipinski definition) is 6. The monoisotopic (exact) mass is 312 g/mol. The highest BCUT2D eigenvalue weighted by Gasteiger charge is 2.19. The molecule has 0 aliphatic carbocycles. The first-order chi connectivity index (χ1) is 9.38. The van der Waals surface area contributed by atoms with Gasteiger partial charge < -0.3 is 10.0 Å². The normalized spacial score (nSPS) is 11.9. The zero-order valence-electron chi connectivity index (χ0n) is 10.8. The fourth-order valence-electron chi connectivity index (χ4n) is 1.24. The highest BCUT2D eigenvalue weighted by molar-refractivity contribution is 7.92. The Balaban J connectivity index is 2.31. The summed E-state index contributed by atoms with van der Waals surface area (Å²) in [7, 11) is -0.492. The van der Waals surface area contributed by atoms with Crippen LogP contribution in [0.5, 0.6) is 5.75 Å². The van der Waals surface area contributed by atoms with Crippen LogP contribution in [0.4, 0.5) is 0 Å². The predicted molar refractivity (Wildman–Crippen MR) is 76.4 cm³/mol. The van der Waals surface area contributed by atoms with Crippen molar-refractivity contribution in [1.29, 1.82) is 0 Å². The van der Waals surface area contributed by atoms with Gasteiger partial charge in [0.1, 0.15) is 17.1 Å². The van der Waals surface area contributed by atoms with Crippen LogP contribution >= 0.6 is 11.3 Å². The highest BCUT2D eigenvalue weighted by Crippen LogP contribution is 2.27. The molecular formula is C11H12N4O3S2. The summed E-state index contributed by atoms with van der Waals surface area (Å²) in [5.41, 5.74) is 0.679. The second-order valence-corrected chi connectivity index (χ2v) is 6.86. The van der Waals surface area contributed by atoms with E-state index in [1.54, 1.807) is 26.2 Å². The van der Waals surface area contributed by atoms with E-state index in [9.17, 15) is 13.5 Å². The van der Waals surface area contributed by atoms with Gasteiger partial charge in [-0.05, 0) is 24.3 Å². The fourth-order valence-corrected chi connectivity index (χ4v) is 3.15. The average molecular weight is 312 g/mol. The molecule has 2 aromatic rings. The van der Waals surface area contributed by atoms with Crippen molar-refractivity contribution in [2.45, 2.75) is 4.34 Å². The molecule has 20 heavy (non-hydrogen) atoms. The lowest BCUT2D eigenvalue weighted by Gasteiger charge is -2.00. The molecule has 0 saturated carbocycles. The number of benzene rings is 1. The molecule has 1 heterocycles. The maximum atomic E-state index is 11.9. The van der Waals surface area contributed by atoms with Crippen molar-refractivity contribution >= 4 is 27.7 Å². The molecule has 0 unspecified atom stereocenters. The van der Waals surface area contributed by atoms with Gasteiger partial charge in [-0.1, -0.05) is 11.3 Å². The summed E-state index contributed by atoms with van der Waals surface area (Å²) < 4.78 is 27.1. The molecule has 0 aliphatic heterocycles. The van der Waals surface area contributed by atoms with Crippen LogP contribution in [0.3, 0.4) is 0 Å². The maximum absolute atomic E-state index is 11.9. The molecule has 2 rings (SSSR count). The molecule has 0 atom stereocenters. The van der Waals surface area contributed by atoms with Gasteiger partial charge in [0.15, 0.2) is 0 Å². The molecule has 7 nitrogen and oxygen atoms in total. The zero-order valence-corrected chi connectivity index (χ0v) is 12.4. The number of hydrogen-bond donors (Lipinski definition) is 1. The second-order valence-electron chi connectivity index (χ2n) is 4.08. The van der Waals surface area contributed by atoms with Crippen LogP contribution in [0.25, 0.3) is 10.6 Å². The quantitative estimate of drug-likeness (QED) is 0.673. The van der Waals surface area contributed by atoms with Gasteiger partial charge in [-0.3, -0.25) is 0 Å². The molecule has 0 spiro atoms. The van der Waals surface area contributed by atoms with E-state index < -0.39 is 10.0 Å². The van der Waals surface area contributed by atoms with Gasteiger partial charge in [0.25, 0.3) is 4.34 Å². The van der Waals surface area contributed by atoms with Crippen molar-refractivity contribution in [1.82, 2.24) is 15.1 Å². The molecule has 0 fully saturated rings. The first-order valence-electron chi connectivity index (χ1n) is 5.48. The summed E-state index contributed by atoms with van der Waals surface area (Å²) in [5, 5.41) is 17.1. The largest absolute Gasteiger partial charge is 0.508 e. The molecule has 0 aliphatic rings. The lowest BCUT2D eigenvalue weighted by atomic mass is 10.2. The van der Waals surface area contributed by atoms with Crippen molar-refractivity contribution in [3.05, 3.63) is 24.3 Å². The summed E-state index contributed by atoms with van der Waals surface area (Å²) in [4.78, 5) is 1.51. The van der Waals surface area contributed by atoms with Crippen LogP contribution in [0.15, 0.2) is 33.0 Å². The Morgan fingerprint density at radius 3 is 2.50 bits per heavy atom. The number of nitrogens with zero attached hydrogens (tertiary/aromatic N) is 4. The SMILES string of the molecule is CN(C)C=NS(=O)(=O)c1nnc(-c2ccc(O)cc2)s1. The standard InChI is InChI=1S/C11H12N4O3S2/c1-15(2)7-12-20(17,18)11-14-13-10(19-11)8-3-5-9(16)6-4-8/h3-7,16H,1-2H3. The van der Waals surface area contributed by atoms with Crippen molar-refractivity contribution in [3.8, 4) is 16.3 Å². The number of sulfonamides is 1. The molecule has 0 saturated heterocycles. The molecule has 0 amide bonds. The molecule has 0 bridgehead atoms. The molecule has 0 radical (unpaired) electrons. The molecule has 106 valence electrons. The minimum Gasteiger partial charge on any atom is -0.508 e. The topological polar surface area (TPSA) is 95.8 Å². The Kier molecular flexibility index (Phi) is 4.00. The number of phenolic OH excluding ortho intramolecular Hbond substituents is 1. The van der Waals surface area contributed by atoms with E-state index in [1.165, 1.54) is 23.4 Å². The van der Waals surface area contributed by atoms with Crippen LogP contribution in [0.1, 0.15) is 0 Å². The number of aromatic nitrogens is 2. The third-order valence-electron chi connectivity index (χ3n) is 2.16. The minimum absolute atomic E-state index is 0.127. The molecule has 9 heteroatoms. The van der Waals surface area contributed by atoms with Crippen LogP contribution in [0, 0.1) is 0 Å². The molecule has 1 aromatic heterocycles. The first-order valence-corrected chi connectivity index (χ1v) is 7.74. The molecule has 1 aromatic carbocycles. The number of phenols is 1. The minimum atomic E-state index is -3.83. The summed E-state index contributed by atoms with van der Waals surface area (Å²) in [6, 6.07) is 6.26. The van der Waals surface area contributed by atoms with Crippen molar-refractivity contribution < 1.29 is 13.5 Å². The van der Waals surface area contributed by atoms with Gasteiger partial charge in [0.05, 0.1) is 0 Å². The van der Waals surface area contributed by atoms with Gasteiger partial charge in [-0.25, -0.2) is 0 Å². The van der Waals surface area contributed by atoms with Crippen molar-refractivity contribution in [2.75, 3.05) is 14.1 Å². The smallest absolute Gasteiger partial charge is 0.312 e. The van der Waals surface area contributed by atoms with Crippen molar-refractivity contribution in [2.24, 2.45) is 4.40 Å². The van der Waals surface area contributed by atoms with Crippen LogP contribution in [0.2, 0.25) is 0 Å². The van der Waals surface area contributed by atoms with E-state index in [-0.39, 0.29) is 10.1 Å². The van der Waals surface area contributed by atoms with Gasteiger partial charge in [-0.2, -0.15) is 8.42 Å². The van der Waals surface area contributed by atoms with Gasteiger partial charge in [-0.15, -0.1) is 14.6 Å². The predicted octanol–water partition coefficient (Wildman–Crippen LogP) is 1.19. The second kappa shape index (κ2) is 5.55. The molecular weight excluding hydrogens is 300 g/mol. The Bertz CT molecular complexity index is 720. The fraction of sp³-hybridized carbons (Fsp3) is 0.182. The van der Waals surface area contributed by atoms with E-state index in [2.05, 4.69) is 14.6 Å². The first kappa shape index (κ1) is 14.4. The summed E-state index contributed by atoms with van der Waals surface area (Å²) in [6.07, 6.45) is 1.19. The average Bonchev–Trinajstić information content (AvgIpc) is 2.88. The Morgan fingerprint density at radius 1 is 1.25 bits per heavy atom. The molecule has 1 N–H and O–H groups in total. The Morgan fingerprint density at radius 2 is 1.90 bits per heavy atom. The van der Waals surface area contributed by atoms with E-state index in [0.717, 1.165) is 11.3 Å². The van der Waals surface area contributed by atoms with E-state index >= 15 is 0 Å². The van der Waals surface area contributed by atoms with E-state index in [0.29, 0.717) is 10.6 Å². The number of aromatic hydroxyl groups is 1. The summed E-state index contributed by atoms with van der Waals surface area (Å²) >= 11 is 0.926. The van der Waals surface area contributed by atoms with Crippen LogP contribution in [-0.4, -0.2) is 49.1 Å². The van der Waals surface area contributed by atoms with Crippen molar-refractivity contribution in [3.63, 3.8) is 0 Å². The maximum Gasteiger partial charge on any atom is 0.312 e. The summed E-state index contributed by atoms with van der Waals surface area (Å²) in [5.74, 6) is 0.127. The van der Waals surface area contributed by atoms with Gasteiger partial charge >= 0.3 is 10.0 Å². The third kappa shape index (κ3) is 3.31. The zero-order chi connectivity index (χ0) is 14.8. The van der Waals surface area contributed by atoms with Crippen LogP contribution in [-0.2, 0) is 10.0 Å². The third-order valence-corrected chi connectivity index (χ3v) is 4.70. The summed E-state index contributed by atoms with van der Waals surface area (Å²) in [6.45, 7) is 0. The highest BCUT2D eigenvalue weighted by atomic mass is 32.2. The Labute approximate surface area is 120 Å². The number of rotatable bonds is 4. The Hall–Kier alpha value is -2.00. The van der Waals surface area contributed by atoms with Crippen LogP contribution < -0.4 is 0 Å². The van der Waals surface area contributed by atoms with E-state index in [1.807, 2.05) is 0 Å².